The molecule has 0 saturated heterocycles. The molecule has 0 aromatic heterocycles. The molecule has 0 N–H and O–H groups in total. The zero-order valence-corrected chi connectivity index (χ0v) is 9.21. The maximum atomic E-state index is 12.6. The molecule has 0 aromatic rings. The summed E-state index contributed by atoms with van der Waals surface area (Å²) in [7, 11) is 0. The van der Waals surface area contributed by atoms with Gasteiger partial charge in [0.15, 0.2) is 0 Å². The van der Waals surface area contributed by atoms with Crippen LogP contribution in [0.2, 0.25) is 0 Å². The van der Waals surface area contributed by atoms with Crippen molar-refractivity contribution in [2.75, 3.05) is 6.61 Å². The van der Waals surface area contributed by atoms with Crippen LogP contribution in [0.4, 0.5) is 30.7 Å². The molecule has 0 aliphatic rings. The largest absolute Gasteiger partial charge is 0.479 e. The number of hydrogen-bond donors (Lipinski definition) is 0. The van der Waals surface area contributed by atoms with Crippen molar-refractivity contribution in [1.29, 1.82) is 0 Å². The van der Waals surface area contributed by atoms with E-state index in [2.05, 4.69) is 17.0 Å². The van der Waals surface area contributed by atoms with Gasteiger partial charge in [0.2, 0.25) is 4.38 Å². The van der Waals surface area contributed by atoms with E-state index in [9.17, 15) is 30.7 Å². The van der Waals surface area contributed by atoms with Gasteiger partial charge in [0.1, 0.15) is 0 Å². The van der Waals surface area contributed by atoms with Crippen LogP contribution in [-0.4, -0.2) is 28.3 Å². The second kappa shape index (κ2) is 4.94. The normalized spacial score (nSPS) is 13.8. The van der Waals surface area contributed by atoms with Crippen LogP contribution in [0.15, 0.2) is 0 Å². The summed E-state index contributed by atoms with van der Waals surface area (Å²) in [5.41, 5.74) is 0. The number of thiocarbonyl (C=S) groups is 1. The third-order valence-electron chi connectivity index (χ3n) is 1.20. The predicted molar refractivity (Wildman–Crippen MR) is 47.8 cm³/mol. The highest BCUT2D eigenvalue weighted by Gasteiger charge is 2.74. The van der Waals surface area contributed by atoms with Crippen LogP contribution in [-0.2, 0) is 4.74 Å². The molecule has 0 rings (SSSR count). The highest BCUT2D eigenvalue weighted by molar-refractivity contribution is 8.23. The summed E-state index contributed by atoms with van der Waals surface area (Å²) in [6.07, 6.45) is -6.36. The fourth-order valence-corrected chi connectivity index (χ4v) is 1.54. The van der Waals surface area contributed by atoms with E-state index in [1.165, 1.54) is 6.92 Å². The van der Waals surface area contributed by atoms with Crippen molar-refractivity contribution in [2.45, 2.75) is 24.3 Å². The van der Waals surface area contributed by atoms with Crippen molar-refractivity contribution in [3.63, 3.8) is 0 Å². The van der Waals surface area contributed by atoms with E-state index >= 15 is 0 Å². The molecule has 0 aliphatic carbocycles. The summed E-state index contributed by atoms with van der Waals surface area (Å²) in [6.45, 7) is 1.10. The van der Waals surface area contributed by atoms with Crippen LogP contribution in [0.1, 0.15) is 6.92 Å². The zero-order chi connectivity index (χ0) is 13.2. The lowest BCUT2D eigenvalue weighted by Gasteiger charge is -2.27. The summed E-state index contributed by atoms with van der Waals surface area (Å²) in [4.78, 5) is 0. The monoisotopic (exact) mass is 290 g/mol. The lowest BCUT2D eigenvalue weighted by molar-refractivity contribution is -0.330. The molecular weight excluding hydrogens is 285 g/mol. The number of halogens is 7. The van der Waals surface area contributed by atoms with E-state index in [-0.39, 0.29) is 6.61 Å². The Morgan fingerprint density at radius 2 is 1.56 bits per heavy atom. The average Bonchev–Trinajstić information content (AvgIpc) is 2.00. The topological polar surface area (TPSA) is 9.23 Å². The van der Waals surface area contributed by atoms with Gasteiger partial charge in [-0.1, -0.05) is 0 Å². The Labute approximate surface area is 95.3 Å². The van der Waals surface area contributed by atoms with E-state index in [1.807, 2.05) is 0 Å². The van der Waals surface area contributed by atoms with E-state index < -0.39 is 33.5 Å². The van der Waals surface area contributed by atoms with Crippen molar-refractivity contribution >= 4 is 28.4 Å². The van der Waals surface area contributed by atoms with E-state index in [0.717, 1.165) is 0 Å². The van der Waals surface area contributed by atoms with Gasteiger partial charge in [-0.25, -0.2) is 0 Å². The molecule has 0 heterocycles. The summed E-state index contributed by atoms with van der Waals surface area (Å²) >= 11 is 2.92. The highest BCUT2D eigenvalue weighted by Crippen LogP contribution is 2.52. The van der Waals surface area contributed by atoms with Gasteiger partial charge in [0.25, 0.3) is 0 Å². The molecule has 0 atom stereocenters. The quantitative estimate of drug-likeness (QED) is 0.577. The van der Waals surface area contributed by atoms with Crippen LogP contribution in [0.25, 0.3) is 0 Å². The molecule has 10 heteroatoms. The van der Waals surface area contributed by atoms with Crippen LogP contribution in [0, 0.1) is 0 Å². The molecule has 0 bridgehead atoms. The zero-order valence-electron chi connectivity index (χ0n) is 7.58. The number of alkyl halides is 7. The van der Waals surface area contributed by atoms with Crippen molar-refractivity contribution in [1.82, 2.24) is 0 Å². The Bertz CT molecular complexity index is 262. The van der Waals surface area contributed by atoms with Gasteiger partial charge < -0.3 is 4.74 Å². The van der Waals surface area contributed by atoms with Gasteiger partial charge >= 0.3 is 17.4 Å². The maximum absolute atomic E-state index is 12.6. The Kier molecular flexibility index (Phi) is 4.87. The Hall–Kier alpha value is -0.250. The highest BCUT2D eigenvalue weighted by atomic mass is 32.2. The van der Waals surface area contributed by atoms with Gasteiger partial charge in [-0.2, -0.15) is 30.7 Å². The Balaban J connectivity index is 4.84. The minimum atomic E-state index is -6.36. The van der Waals surface area contributed by atoms with Gasteiger partial charge in [0.05, 0.1) is 6.61 Å². The van der Waals surface area contributed by atoms with Crippen molar-refractivity contribution < 1.29 is 35.5 Å². The fourth-order valence-electron chi connectivity index (χ4n) is 0.481. The first-order chi connectivity index (χ1) is 6.95. The molecule has 0 spiro atoms. The SMILES string of the molecule is CCOC(=S)SC(F)(F)C(F)(F)C(F)(F)F. The van der Waals surface area contributed by atoms with Gasteiger partial charge in [-0.3, -0.25) is 0 Å². The molecule has 96 valence electrons. The molecule has 0 aromatic carbocycles. The van der Waals surface area contributed by atoms with Crippen molar-refractivity contribution in [3.05, 3.63) is 0 Å². The first-order valence-electron chi connectivity index (χ1n) is 3.64. The van der Waals surface area contributed by atoms with E-state index in [1.54, 1.807) is 0 Å². The van der Waals surface area contributed by atoms with E-state index in [0.29, 0.717) is 0 Å². The van der Waals surface area contributed by atoms with Crippen LogP contribution < -0.4 is 0 Å². The van der Waals surface area contributed by atoms with Crippen LogP contribution in [0.5, 0.6) is 0 Å². The minimum Gasteiger partial charge on any atom is -0.479 e. The average molecular weight is 290 g/mol. The lowest BCUT2D eigenvalue weighted by atomic mass is 10.3. The van der Waals surface area contributed by atoms with Gasteiger partial charge in [-0.15, -0.1) is 0 Å². The Morgan fingerprint density at radius 3 is 1.88 bits per heavy atom. The number of hydrogen-bond acceptors (Lipinski definition) is 3. The second-order valence-corrected chi connectivity index (χ2v) is 4.09. The molecule has 1 nitrogen and oxygen atoms in total. The molecule has 0 unspecified atom stereocenters. The number of ether oxygens (including phenoxy) is 1. The number of rotatable bonds is 3. The second-order valence-electron chi connectivity index (χ2n) is 2.37. The predicted octanol–water partition coefficient (Wildman–Crippen LogP) is 3.83. The Morgan fingerprint density at radius 1 is 1.12 bits per heavy atom. The molecule has 0 fully saturated rings. The van der Waals surface area contributed by atoms with Gasteiger partial charge in [-0.05, 0) is 19.1 Å². The van der Waals surface area contributed by atoms with Crippen molar-refractivity contribution in [3.8, 4) is 0 Å². The third-order valence-corrected chi connectivity index (χ3v) is 2.36. The first kappa shape index (κ1) is 15.8. The summed E-state index contributed by atoms with van der Waals surface area (Å²) in [6, 6.07) is 0. The lowest BCUT2D eigenvalue weighted by Crippen LogP contribution is -2.50. The minimum absolute atomic E-state index is 0.209. The maximum Gasteiger partial charge on any atom is 0.460 e. The molecule has 0 aliphatic heterocycles. The fraction of sp³-hybridized carbons (Fsp3) is 0.833. The summed E-state index contributed by atoms with van der Waals surface area (Å²) in [5, 5.41) is -5.41. The smallest absolute Gasteiger partial charge is 0.460 e. The molecule has 16 heavy (non-hydrogen) atoms. The van der Waals surface area contributed by atoms with Crippen LogP contribution in [0.3, 0.4) is 0 Å². The first-order valence-corrected chi connectivity index (χ1v) is 4.86. The molecular formula is C6H5F7OS2. The van der Waals surface area contributed by atoms with Crippen molar-refractivity contribution in [2.24, 2.45) is 0 Å². The number of thioether (sulfide) groups is 1. The molecule has 0 saturated carbocycles. The van der Waals surface area contributed by atoms with Crippen LogP contribution >= 0.6 is 24.0 Å². The van der Waals surface area contributed by atoms with Gasteiger partial charge in [0, 0.05) is 11.8 Å². The molecule has 0 radical (unpaired) electrons. The summed E-state index contributed by atoms with van der Waals surface area (Å²) in [5.74, 6) is -6.17. The summed E-state index contributed by atoms with van der Waals surface area (Å²) < 4.78 is 87.8. The third kappa shape index (κ3) is 3.37. The standard InChI is InChI=1S/C6H5F7OS2/c1-2-14-3(15)16-6(12,13)4(7,8)5(9,10)11/h2H2,1H3. The molecule has 0 amide bonds. The van der Waals surface area contributed by atoms with E-state index in [4.69, 9.17) is 0 Å².